The molecule has 0 spiro atoms. The molecule has 10 rings (SSSR count). The number of ether oxygens (including phenoxy) is 1. The molecule has 784 valence electrons. The maximum atomic E-state index is 16.6. The summed E-state index contributed by atoms with van der Waals surface area (Å²) >= 11 is 0. The van der Waals surface area contributed by atoms with Crippen molar-refractivity contribution in [3.05, 3.63) is 0 Å². The predicted molar refractivity (Wildman–Crippen MR) is 556 cm³/mol. The lowest BCUT2D eigenvalue weighted by Crippen LogP contribution is -2.40. The number of hydrogen-bond donors (Lipinski definition) is 0. The van der Waals surface area contributed by atoms with Crippen LogP contribution in [0.25, 0.3) is 0 Å². The van der Waals surface area contributed by atoms with E-state index in [-0.39, 0.29) is 235 Å². The Labute approximate surface area is 840 Å². The Morgan fingerprint density at radius 3 is 1.72 bits per heavy atom. The summed E-state index contributed by atoms with van der Waals surface area (Å²) in [6.07, 6.45) is 44.4. The van der Waals surface area contributed by atoms with E-state index in [1.54, 1.807) is 13.8 Å². The van der Waals surface area contributed by atoms with Gasteiger partial charge in [-0.25, -0.2) is 0 Å². The minimum atomic E-state index is -1.09. The largest absolute Gasteiger partial charge is 0.378 e. The zero-order chi connectivity index (χ0) is 101. The average Bonchev–Trinajstić information content (AvgIpc) is 1.28. The van der Waals surface area contributed by atoms with Crippen LogP contribution in [-0.4, -0.2) is 93.7 Å². The third kappa shape index (κ3) is 39.6. The van der Waals surface area contributed by atoms with Gasteiger partial charge in [0.05, 0.1) is 6.10 Å². The lowest BCUT2D eigenvalue weighted by molar-refractivity contribution is -0.141. The van der Waals surface area contributed by atoms with Crippen molar-refractivity contribution < 1.29 is 71.9 Å². The molecular formula is C123H202O15. The van der Waals surface area contributed by atoms with E-state index < -0.39 is 58.2 Å². The summed E-state index contributed by atoms with van der Waals surface area (Å²) in [7, 11) is 0. The summed E-state index contributed by atoms with van der Waals surface area (Å²) in [5.41, 5.74) is -1.39. The van der Waals surface area contributed by atoms with Gasteiger partial charge in [-0.15, -0.1) is 0 Å². The van der Waals surface area contributed by atoms with Crippen molar-refractivity contribution in [1.82, 2.24) is 0 Å². The summed E-state index contributed by atoms with van der Waals surface area (Å²) < 4.78 is 6.69. The fourth-order valence-corrected chi connectivity index (χ4v) is 28.5. The highest BCUT2D eigenvalue weighted by Crippen LogP contribution is 2.52. The van der Waals surface area contributed by atoms with Gasteiger partial charge in [-0.1, -0.05) is 251 Å². The predicted octanol–water partition coefficient (Wildman–Crippen LogP) is 29.9. The van der Waals surface area contributed by atoms with Crippen molar-refractivity contribution in [2.45, 2.75) is 528 Å². The van der Waals surface area contributed by atoms with Gasteiger partial charge in [0.2, 0.25) is 0 Å². The molecular weight excluding hydrogens is 1720 g/mol. The average molecular weight is 1920 g/mol. The Hall–Kier alpha value is -4.66. The van der Waals surface area contributed by atoms with Crippen molar-refractivity contribution in [3.63, 3.8) is 0 Å². The van der Waals surface area contributed by atoms with Crippen LogP contribution in [0, 0.1) is 158 Å². The summed E-state index contributed by atoms with van der Waals surface area (Å²) in [5.74, 6) is -3.26. The maximum absolute atomic E-state index is 16.6. The van der Waals surface area contributed by atoms with E-state index in [4.69, 9.17) is 4.74 Å². The second-order valence-corrected chi connectivity index (χ2v) is 52.8. The zero-order valence-corrected chi connectivity index (χ0v) is 90.9. The molecule has 15 heteroatoms. The quantitative estimate of drug-likeness (QED) is 0.0521. The van der Waals surface area contributed by atoms with Gasteiger partial charge in [0, 0.05) is 167 Å². The molecule has 8 saturated carbocycles. The van der Waals surface area contributed by atoms with Crippen molar-refractivity contribution in [3.8, 4) is 0 Å². The van der Waals surface area contributed by atoms with Crippen LogP contribution in [0.3, 0.4) is 0 Å². The van der Waals surface area contributed by atoms with E-state index in [9.17, 15) is 28.8 Å². The van der Waals surface area contributed by atoms with E-state index in [0.29, 0.717) is 139 Å². The maximum Gasteiger partial charge on any atom is 0.140 e. The summed E-state index contributed by atoms with van der Waals surface area (Å²) in [4.78, 5) is 212. The minimum Gasteiger partial charge on any atom is -0.378 e. The van der Waals surface area contributed by atoms with Crippen LogP contribution in [0.15, 0.2) is 0 Å². The van der Waals surface area contributed by atoms with Crippen molar-refractivity contribution in [2.75, 3.05) is 6.61 Å². The number of ketones is 14. The molecule has 0 amide bonds. The van der Waals surface area contributed by atoms with Gasteiger partial charge in [-0.2, -0.15) is 0 Å². The Kier molecular flexibility index (Phi) is 48.7. The fraction of sp³-hybridized carbons (Fsp3) is 0.886. The Morgan fingerprint density at radius 1 is 0.442 bits per heavy atom. The van der Waals surface area contributed by atoms with E-state index in [1.807, 2.05) is 20.8 Å². The molecule has 0 aromatic carbocycles. The van der Waals surface area contributed by atoms with Crippen LogP contribution in [-0.2, 0) is 71.9 Å². The normalized spacial score (nSPS) is 30.3. The molecule has 0 aromatic heterocycles. The molecule has 10 fully saturated rings. The Bertz CT molecular complexity index is 3870. The minimum absolute atomic E-state index is 0.00466. The molecule has 2 heterocycles. The number of fused-ring (bicyclic) bond motifs is 13. The van der Waals surface area contributed by atoms with Gasteiger partial charge in [0.1, 0.15) is 81.0 Å². The first-order valence-corrected chi connectivity index (χ1v) is 58.3. The van der Waals surface area contributed by atoms with E-state index in [1.165, 1.54) is 58.3 Å². The molecule has 0 aromatic rings. The van der Waals surface area contributed by atoms with E-state index in [0.717, 1.165) is 179 Å². The molecule has 19 atom stereocenters. The molecule has 0 N–H and O–H groups in total. The topological polar surface area (TPSA) is 248 Å². The van der Waals surface area contributed by atoms with Gasteiger partial charge in [0.15, 0.2) is 0 Å². The first-order chi connectivity index (χ1) is 65.4. The highest BCUT2D eigenvalue weighted by Gasteiger charge is 2.48. The lowest BCUT2D eigenvalue weighted by Gasteiger charge is -2.41. The number of rotatable bonds is 38. The number of carbonyl (C=O) groups is 14. The van der Waals surface area contributed by atoms with Crippen LogP contribution in [0.2, 0.25) is 0 Å². The number of Topliss-reactive ketones (excluding diaryl/α,β-unsaturated/α-hetero) is 14. The van der Waals surface area contributed by atoms with Crippen LogP contribution in [0.1, 0.15) is 522 Å². The highest BCUT2D eigenvalue weighted by atomic mass is 16.5. The molecule has 0 radical (unpaired) electrons. The molecule has 15 nitrogen and oxygen atoms in total. The molecule has 8 aliphatic carbocycles. The lowest BCUT2D eigenvalue weighted by atomic mass is 9.63. The Morgan fingerprint density at radius 2 is 1.05 bits per heavy atom. The zero-order valence-electron chi connectivity index (χ0n) is 90.9. The summed E-state index contributed by atoms with van der Waals surface area (Å²) in [6, 6.07) is 0. The molecule has 14 unspecified atom stereocenters. The Balaban J connectivity index is 1.05. The monoisotopic (exact) mass is 1920 g/mol. The van der Waals surface area contributed by atoms with Crippen molar-refractivity contribution in [1.29, 1.82) is 0 Å². The first kappa shape index (κ1) is 117. The van der Waals surface area contributed by atoms with Gasteiger partial charge in [-0.05, 0) is 269 Å². The molecule has 2 aliphatic heterocycles. The van der Waals surface area contributed by atoms with Gasteiger partial charge >= 0.3 is 0 Å². The number of carbonyl (C=O) groups excluding carboxylic acids is 14. The number of hydrogen-bond acceptors (Lipinski definition) is 15. The van der Waals surface area contributed by atoms with Crippen LogP contribution >= 0.6 is 0 Å². The third-order valence-electron chi connectivity index (χ3n) is 37.7. The van der Waals surface area contributed by atoms with Gasteiger partial charge in [0.25, 0.3) is 0 Å². The second-order valence-electron chi connectivity index (χ2n) is 52.8. The van der Waals surface area contributed by atoms with E-state index >= 15 is 38.4 Å². The summed E-state index contributed by atoms with van der Waals surface area (Å²) in [6.45, 7) is 33.0. The van der Waals surface area contributed by atoms with Gasteiger partial charge < -0.3 is 9.53 Å². The van der Waals surface area contributed by atoms with Crippen molar-refractivity contribution in [2.24, 2.45) is 158 Å². The van der Waals surface area contributed by atoms with Crippen LogP contribution in [0.4, 0.5) is 0 Å². The van der Waals surface area contributed by atoms with Crippen LogP contribution in [0.5, 0.6) is 0 Å². The van der Waals surface area contributed by atoms with Gasteiger partial charge in [-0.3, -0.25) is 62.3 Å². The fourth-order valence-electron chi connectivity index (χ4n) is 28.5. The molecule has 2 saturated heterocycles. The first-order valence-electron chi connectivity index (χ1n) is 58.3. The molecule has 138 heavy (non-hydrogen) atoms. The number of unbranched alkanes of at least 4 members (excludes halogenated alkanes) is 2. The van der Waals surface area contributed by atoms with Crippen molar-refractivity contribution >= 4 is 81.0 Å². The van der Waals surface area contributed by atoms with E-state index in [2.05, 4.69) is 69.2 Å². The SMILES string of the molecule is CC(=O)CC(CC(=O)[C@H](CCCCC(C)(C)C)CC(=O)C1(CC(=O)[C@@H](CC(=O)[C@H]2CC(=O)C3CCCC(CCCCC(C)(C)C)CCC(=O)C(CC4CCC5CCCCC54)CCC(C(C)=O)CC(C(C)C)CC(=O)[C@H](CCC(=O)C(C)CCOC4CCC(CC4)C2)CC(=O)CC(C)(C)CCC3)CC2CCC3CCCCC3C2)CCCCC1)C(=O)C[C@@H](CC1CCCCC1)C(=O)C(C)CC(=O)C(C)C. The smallest absolute Gasteiger partial charge is 0.140 e. The molecule has 10 aliphatic rings. The summed E-state index contributed by atoms with van der Waals surface area (Å²) in [5, 5.41) is 0. The second kappa shape index (κ2) is 57.5. The standard InChI is InChI=1S/C123H202O15/c1-82(2)101-71-95(87(8)125)50-52-99(72-97-51-49-93-38-23-24-43-108(93)97)110(128)56-47-88(33-25-29-59-120(9,10)11)36-31-41-94-42-32-61-122(15,16)80-106(126)73-100(113(131)74-101)53-57-109(127)84(5)58-64-138-107-54-45-90(46-55-107)67-103(76-112(94)130)115(133)77-104(70-91-44-48-92-37-21-22-39-96(92)69-91)117(135)81-123(62-27-18-28-63-123)118(136)79-98(40-26-30-60-121(12,13)14)114(132)75-102(66-86(7)124)116(134)78-105(68-89-34-19-17-20-35-89)119(137)85(6)65-111(129)83(3)4/h82-85,88-105,107-108H,17-81H2,1-16H3/t84?,85?,88?,90?,91?,92?,93?,94?,95?,96?,97?,98-,99?,100-,101?,102?,103-,104-,105-,107?,108?/m1/s1. The third-order valence-corrected chi connectivity index (χ3v) is 37.7. The molecule has 4 bridgehead atoms. The van der Waals surface area contributed by atoms with Crippen LogP contribution < -0.4 is 0 Å². The highest BCUT2D eigenvalue weighted by molar-refractivity contribution is 5.99.